The maximum absolute atomic E-state index is 15.2. The van der Waals surface area contributed by atoms with Crippen molar-refractivity contribution in [2.75, 3.05) is 46.1 Å². The molecule has 536 valence electrons. The monoisotopic (exact) mass is 1380 g/mol. The molecule has 26 atom stereocenters. The van der Waals surface area contributed by atoms with Crippen LogP contribution in [0.4, 0.5) is 0 Å². The Morgan fingerprint density at radius 2 is 1.27 bits per heavy atom. The van der Waals surface area contributed by atoms with Gasteiger partial charge in [-0.15, -0.1) is 0 Å². The van der Waals surface area contributed by atoms with Crippen LogP contribution in [0.1, 0.15) is 49.7 Å². The zero-order chi connectivity index (χ0) is 69.7. The summed E-state index contributed by atoms with van der Waals surface area (Å²) in [7, 11) is 0. The van der Waals surface area contributed by atoms with E-state index in [9.17, 15) is 80.5 Å². The van der Waals surface area contributed by atoms with Crippen LogP contribution in [0.25, 0.3) is 0 Å². The van der Waals surface area contributed by atoms with Gasteiger partial charge in [0.25, 0.3) is 0 Å². The summed E-state index contributed by atoms with van der Waals surface area (Å²) in [6, 6.07) is 1.13. The van der Waals surface area contributed by atoms with Crippen LogP contribution in [0.2, 0.25) is 0 Å². The fourth-order valence-electron chi connectivity index (χ4n) is 13.3. The smallest absolute Gasteiger partial charge is 0.346 e. The first-order valence-corrected chi connectivity index (χ1v) is 32.0. The maximum Gasteiger partial charge on any atom is 0.346 e. The van der Waals surface area contributed by atoms with Crippen LogP contribution in [0, 0.1) is 5.92 Å². The lowest BCUT2D eigenvalue weighted by Gasteiger charge is -2.49. The molecule has 5 saturated heterocycles. The van der Waals surface area contributed by atoms with Crippen molar-refractivity contribution in [1.29, 1.82) is 0 Å². The zero-order valence-electron chi connectivity index (χ0n) is 52.5. The number of guanidine groups is 2. The number of carbonyl (C=O) groups is 6. The first kappa shape index (κ1) is 72.6. The molecule has 8 aliphatic rings. The predicted molar refractivity (Wildman–Crippen MR) is 326 cm³/mol. The van der Waals surface area contributed by atoms with Crippen LogP contribution in [0.5, 0.6) is 5.75 Å². The van der Waals surface area contributed by atoms with E-state index in [-0.39, 0.29) is 42.3 Å². The minimum atomic E-state index is -2.32. The van der Waals surface area contributed by atoms with Crippen LogP contribution in [-0.4, -0.2) is 312 Å². The molecule has 1 aliphatic carbocycles. The number of nitrogens with one attached hydrogen (secondary N) is 8. The van der Waals surface area contributed by atoms with Gasteiger partial charge in [0.05, 0.1) is 39.0 Å². The summed E-state index contributed by atoms with van der Waals surface area (Å²) in [4.78, 5) is 91.6. The lowest BCUT2D eigenvalue weighted by Crippen LogP contribution is -2.68. The normalized spacial score (nSPS) is 38.4. The number of hydrogen-bond donors (Lipinski definition) is 22. The highest BCUT2D eigenvalue weighted by molar-refractivity contribution is 5.98. The van der Waals surface area contributed by atoms with Crippen LogP contribution < -0.4 is 58.7 Å². The van der Waals surface area contributed by atoms with Gasteiger partial charge in [0.2, 0.25) is 48.0 Å². The Balaban J connectivity index is 0.915. The molecule has 97 heavy (non-hydrogen) atoms. The molecular formula is C60H87N12O25+. The van der Waals surface area contributed by atoms with Gasteiger partial charge >= 0.3 is 5.96 Å². The molecular weight excluding hydrogens is 1290 g/mol. The number of benzene rings is 2. The van der Waals surface area contributed by atoms with Crippen molar-refractivity contribution in [1.82, 2.24) is 42.5 Å². The second-order valence-corrected chi connectivity index (χ2v) is 25.3. The summed E-state index contributed by atoms with van der Waals surface area (Å²) in [5.74, 6) is -8.58. The van der Waals surface area contributed by atoms with Gasteiger partial charge in [0.15, 0.2) is 18.5 Å². The van der Waals surface area contributed by atoms with Crippen LogP contribution in [-0.2, 0) is 63.6 Å². The van der Waals surface area contributed by atoms with Gasteiger partial charge in [-0.2, -0.15) is 0 Å². The van der Waals surface area contributed by atoms with Gasteiger partial charge in [0, 0.05) is 24.8 Å². The number of rotatable bonds is 17. The summed E-state index contributed by atoms with van der Waals surface area (Å²) >= 11 is 0. The second-order valence-electron chi connectivity index (χ2n) is 25.3. The van der Waals surface area contributed by atoms with Crippen molar-refractivity contribution < 1.29 is 128 Å². The third-order valence-corrected chi connectivity index (χ3v) is 18.9. The summed E-state index contributed by atoms with van der Waals surface area (Å²) in [5.41, 5.74) is 13.0. The molecule has 1 saturated carbocycles. The molecule has 2 aromatic rings. The molecule has 0 spiro atoms. The highest BCUT2D eigenvalue weighted by atomic mass is 16.8. The van der Waals surface area contributed by atoms with E-state index in [1.54, 1.807) is 37.3 Å². The van der Waals surface area contributed by atoms with E-state index >= 15 is 9.59 Å². The number of hydrogen-bond acceptors (Lipinski definition) is 30. The summed E-state index contributed by atoms with van der Waals surface area (Å²) < 4.78 is 42.4. The highest BCUT2D eigenvalue weighted by Crippen LogP contribution is 2.38. The quantitative estimate of drug-likeness (QED) is 0.0654. The van der Waals surface area contributed by atoms with Gasteiger partial charge in [-0.3, -0.25) is 39.8 Å². The molecule has 37 heteroatoms. The molecule has 6 amide bonds. The van der Waals surface area contributed by atoms with Crippen LogP contribution >= 0.6 is 0 Å². The lowest BCUT2D eigenvalue weighted by atomic mass is 9.92. The number of aliphatic imine (C=N–C) groups is 1. The molecule has 6 fully saturated rings. The summed E-state index contributed by atoms with van der Waals surface area (Å²) in [5, 5.41) is 153. The fraction of sp³-hybridized carbons (Fsp3) is 0.667. The van der Waals surface area contributed by atoms with Crippen LogP contribution in [0.15, 0.2) is 59.6 Å². The first-order valence-electron chi connectivity index (χ1n) is 32.0. The van der Waals surface area contributed by atoms with Gasteiger partial charge < -0.3 is 137 Å². The Morgan fingerprint density at radius 1 is 0.619 bits per heavy atom. The SMILES string of the molecule is C[C@H](c1ccccc1)[C@H]1NC(=O)CNC(=O)C(CO)NC(=O)[C@@H]([C@H](O)[C@@H]2CNC(N)=[N+]2[C@@H]2O[C@@H](CO)[C@H](O)[C@H](O)[C@@H]2O)NC(=O)[C@H]([C@H](O)[C@@H]2CNC(N)=N2)NC(=O)[C@@H](Cc2ccc(O[C@H]3O[C@H](CO)[C@@H](O[C@@H]4O[C@@H]5COC(C6CCCC6)O[C@@H]5[C@@H](O)[C@H]4O)[C@@H](O)[C@H]3O)cc2)NC1=O. The molecule has 0 radical (unpaired) electrons. The number of amides is 6. The number of ether oxygens (including phenoxy) is 7. The minimum absolute atomic E-state index is 0.00396. The van der Waals surface area contributed by atoms with E-state index in [0.717, 1.165) is 30.3 Å². The summed E-state index contributed by atoms with van der Waals surface area (Å²) in [6.45, 7) is -2.82. The van der Waals surface area contributed by atoms with Crippen molar-refractivity contribution >= 4 is 47.4 Å². The fourth-order valence-corrected chi connectivity index (χ4v) is 13.3. The van der Waals surface area contributed by atoms with Gasteiger partial charge in [-0.05, 0) is 36.1 Å². The van der Waals surface area contributed by atoms with E-state index in [1.165, 1.54) is 24.3 Å². The van der Waals surface area contributed by atoms with E-state index in [1.807, 2.05) is 0 Å². The standard InChI is InChI=1S/C60H86N12O25/c1-23(25-7-3-2-4-8-25)36-52(88)66-28(15-24-11-13-27(14-12-24)92-57-46(84)43(81)48(33(21-75)94-57)97-58-47(85)44(82)49-34(95-58)22-91-56(96-49)26-9-5-6-10-26)51(87)70-37(39(77)29-16-64-59(61)68-29)54(90)71-38(53(89)67-30(19-73)50(86)63-18-35(76)69-36)40(78)31-17-65-60(62)72(31)55-45(83)42(80)41(79)32(20-74)93-55/h2-4,7-8,11-14,23,26,28-34,36-49,55-58,73-75,77-85H,5-6,9-10,15-22H2,1H3,(H11,61,62,63,64,65,66,67,68,69,70,71,76,86,87,88,89,90)/p+1/t23-,28-,29+,30?,31+,32+,33-,34-,36-,37+,38-,39-,40-,41+,42+,43+,44+,45+,46-,47-,48-,49+,55-,56?,57+,58+/m1/s1. The molecule has 7 heterocycles. The van der Waals surface area contributed by atoms with Crippen molar-refractivity contribution in [3.63, 3.8) is 0 Å². The third kappa shape index (κ3) is 16.1. The highest BCUT2D eigenvalue weighted by Gasteiger charge is 2.56. The Kier molecular flexibility index (Phi) is 23.8. The molecule has 0 aromatic heterocycles. The molecule has 0 bridgehead atoms. The molecule has 2 aromatic carbocycles. The number of carbonyl (C=O) groups excluding carboxylic acids is 6. The van der Waals surface area contributed by atoms with Crippen molar-refractivity contribution in [3.8, 4) is 5.75 Å². The van der Waals surface area contributed by atoms with Crippen molar-refractivity contribution in [3.05, 3.63) is 65.7 Å². The molecule has 2 unspecified atom stereocenters. The molecule has 7 aliphatic heterocycles. The number of aliphatic hydroxyl groups is 12. The zero-order valence-corrected chi connectivity index (χ0v) is 52.5. The number of fused-ring (bicyclic) bond motifs is 1. The number of nitrogens with zero attached hydrogens (tertiary/aromatic N) is 2. The second kappa shape index (κ2) is 31.8. The Labute approximate surface area is 553 Å². The first-order chi connectivity index (χ1) is 46.4. The largest absolute Gasteiger partial charge is 0.462 e. The molecule has 37 nitrogen and oxygen atoms in total. The lowest BCUT2D eigenvalue weighted by molar-refractivity contribution is -0.663. The topological polar surface area (TPSA) is 573 Å². The summed E-state index contributed by atoms with van der Waals surface area (Å²) in [6.07, 6.45) is -25.9. The van der Waals surface area contributed by atoms with Crippen molar-refractivity contribution in [2.24, 2.45) is 22.4 Å². The van der Waals surface area contributed by atoms with Gasteiger partial charge in [-0.25, -0.2) is 9.57 Å². The predicted octanol–water partition coefficient (Wildman–Crippen LogP) is -11.7. The molecule has 24 N–H and O–H groups in total. The number of nitrogens with two attached hydrogens (primary N) is 2. The Hall–Kier alpha value is -7.12. The van der Waals surface area contributed by atoms with E-state index in [0.29, 0.717) is 5.56 Å². The van der Waals surface area contributed by atoms with E-state index < -0.39 is 234 Å². The van der Waals surface area contributed by atoms with Gasteiger partial charge in [-0.1, -0.05) is 62.2 Å². The van der Waals surface area contributed by atoms with Crippen LogP contribution in [0.3, 0.4) is 0 Å². The maximum atomic E-state index is 15.2. The molecule has 10 rings (SSSR count). The van der Waals surface area contributed by atoms with Crippen molar-refractivity contribution in [2.45, 2.75) is 198 Å². The van der Waals surface area contributed by atoms with Gasteiger partial charge in [0.1, 0.15) is 134 Å². The van der Waals surface area contributed by atoms with E-state index in [2.05, 4.69) is 47.5 Å². The average Bonchev–Trinajstić information content (AvgIpc) is 1.71. The number of aliphatic hydroxyl groups excluding tert-OH is 12. The Morgan fingerprint density at radius 3 is 1.94 bits per heavy atom. The van der Waals surface area contributed by atoms with E-state index in [4.69, 9.17) is 44.6 Å². The average molecular weight is 1380 g/mol. The Bertz CT molecular complexity index is 3140. The minimum Gasteiger partial charge on any atom is -0.462 e. The third-order valence-electron chi connectivity index (χ3n) is 18.9.